The summed E-state index contributed by atoms with van der Waals surface area (Å²) in [6, 6.07) is -4.39. The van der Waals surface area contributed by atoms with Crippen molar-refractivity contribution in [2.45, 2.75) is 134 Å². The molecular weight excluding hydrogens is 751 g/mol. The summed E-state index contributed by atoms with van der Waals surface area (Å²) in [5, 5.41) is 10.9. The lowest BCUT2D eigenvalue weighted by atomic mass is 9.82. The average molecular weight is 802 g/mol. The largest absolute Gasteiger partial charge is 0.472 e. The van der Waals surface area contributed by atoms with E-state index in [0.29, 0.717) is 31.7 Å². The van der Waals surface area contributed by atoms with Gasteiger partial charge in [-0.1, -0.05) is 53.4 Å². The Morgan fingerprint density at radius 3 is 2.26 bits per heavy atom. The Labute approximate surface area is 328 Å². The van der Waals surface area contributed by atoms with Crippen LogP contribution in [0.1, 0.15) is 108 Å². The summed E-state index contributed by atoms with van der Waals surface area (Å²) in [7, 11) is 0. The lowest BCUT2D eigenvalue weighted by Gasteiger charge is -2.37. The van der Waals surface area contributed by atoms with Crippen LogP contribution in [0.15, 0.2) is 31.0 Å². The van der Waals surface area contributed by atoms with Crippen molar-refractivity contribution >= 4 is 35.3 Å². The fourth-order valence-electron chi connectivity index (χ4n) is 7.12. The van der Waals surface area contributed by atoms with Gasteiger partial charge in [-0.05, 0) is 43.4 Å². The molecule has 4 N–H and O–H groups in total. The van der Waals surface area contributed by atoms with Crippen molar-refractivity contribution in [1.29, 1.82) is 0 Å². The minimum Gasteiger partial charge on any atom is -0.472 e. The second-order valence-electron chi connectivity index (χ2n) is 15.9. The fraction of sp³-hybridized carbons (Fsp3) is 0.632. The van der Waals surface area contributed by atoms with E-state index in [1.807, 2.05) is 0 Å². The zero-order chi connectivity index (χ0) is 41.5. The number of ketones is 1. The molecule has 3 unspecified atom stereocenters. The van der Waals surface area contributed by atoms with E-state index >= 15 is 0 Å². The lowest BCUT2D eigenvalue weighted by Crippen LogP contribution is -2.62. The molecule has 3 aliphatic rings. The van der Waals surface area contributed by atoms with Gasteiger partial charge in [-0.2, -0.15) is 13.2 Å². The van der Waals surface area contributed by atoms with Crippen molar-refractivity contribution in [3.05, 3.63) is 42.4 Å². The van der Waals surface area contributed by atoms with Crippen LogP contribution in [0.3, 0.4) is 0 Å². The van der Waals surface area contributed by atoms with E-state index in [2.05, 4.69) is 41.2 Å². The molecule has 3 heterocycles. The van der Waals surface area contributed by atoms with Gasteiger partial charge in [0.2, 0.25) is 29.4 Å². The number of amides is 5. The van der Waals surface area contributed by atoms with E-state index in [1.54, 1.807) is 27.7 Å². The maximum Gasteiger partial charge on any atom is 0.433 e. The SMILES string of the molecule is CCCC(NC(=O)[C@H]1C[C@H](Oc2cc(C(F)(F)F)ncn2)CN1C(=O)C(NC(=O)C(NC(=O)c1cnccn1)C1CCCCC1)C(C)(C)C)C(=O)C(=O)NC1CC1. The van der Waals surface area contributed by atoms with Crippen LogP contribution >= 0.6 is 0 Å². The number of nitrogens with zero attached hydrogens (tertiary/aromatic N) is 5. The van der Waals surface area contributed by atoms with Gasteiger partial charge in [-0.15, -0.1) is 0 Å². The first kappa shape index (κ1) is 42.9. The normalized spacial score (nSPS) is 20.4. The number of carbonyl (C=O) groups excluding carboxylic acids is 6. The predicted octanol–water partition coefficient (Wildman–Crippen LogP) is 2.68. The Morgan fingerprint density at radius 1 is 0.930 bits per heavy atom. The van der Waals surface area contributed by atoms with E-state index in [0.717, 1.165) is 37.0 Å². The zero-order valence-corrected chi connectivity index (χ0v) is 32.4. The third-order valence-electron chi connectivity index (χ3n) is 10.3. The highest BCUT2D eigenvalue weighted by Crippen LogP contribution is 2.32. The van der Waals surface area contributed by atoms with Crippen LogP contribution in [0.5, 0.6) is 5.88 Å². The number of nitrogens with one attached hydrogen (secondary N) is 4. The number of ether oxygens (including phenoxy) is 1. The molecule has 16 nitrogen and oxygen atoms in total. The highest BCUT2D eigenvalue weighted by molar-refractivity contribution is 6.38. The van der Waals surface area contributed by atoms with Crippen LogP contribution in [0.25, 0.3) is 0 Å². The van der Waals surface area contributed by atoms with Crippen molar-refractivity contribution < 1.29 is 46.7 Å². The minimum absolute atomic E-state index is 0.00226. The van der Waals surface area contributed by atoms with Gasteiger partial charge in [0.25, 0.3) is 11.8 Å². The van der Waals surface area contributed by atoms with Gasteiger partial charge in [0, 0.05) is 30.9 Å². The lowest BCUT2D eigenvalue weighted by molar-refractivity contribution is -0.145. The van der Waals surface area contributed by atoms with E-state index in [9.17, 15) is 41.9 Å². The third-order valence-corrected chi connectivity index (χ3v) is 10.3. The highest BCUT2D eigenvalue weighted by atomic mass is 19.4. The molecule has 0 bridgehead atoms. The molecule has 0 radical (unpaired) electrons. The summed E-state index contributed by atoms with van der Waals surface area (Å²) >= 11 is 0. The van der Waals surface area contributed by atoms with Gasteiger partial charge in [-0.3, -0.25) is 33.8 Å². The average Bonchev–Trinajstić information content (AvgIpc) is 3.90. The second kappa shape index (κ2) is 18.4. The fourth-order valence-corrected chi connectivity index (χ4v) is 7.12. The maximum absolute atomic E-state index is 14.7. The number of Topliss-reactive ketones (excluding diaryl/α,β-unsaturated/α-hetero) is 1. The Hall–Kier alpha value is -5.23. The van der Waals surface area contributed by atoms with Crippen LogP contribution in [0.4, 0.5) is 13.2 Å². The zero-order valence-electron chi connectivity index (χ0n) is 32.4. The van der Waals surface area contributed by atoms with E-state index < -0.39 is 88.8 Å². The Kier molecular flexibility index (Phi) is 13.8. The van der Waals surface area contributed by atoms with Gasteiger partial charge < -0.3 is 30.9 Å². The van der Waals surface area contributed by atoms with Crippen LogP contribution in [0.2, 0.25) is 0 Å². The Balaban J connectivity index is 1.42. The molecule has 2 aromatic rings. The third kappa shape index (κ3) is 11.4. The molecule has 310 valence electrons. The molecule has 57 heavy (non-hydrogen) atoms. The second-order valence-corrected chi connectivity index (χ2v) is 15.9. The van der Waals surface area contributed by atoms with Gasteiger partial charge in [0.15, 0.2) is 5.69 Å². The van der Waals surface area contributed by atoms with Crippen molar-refractivity contribution in [3.63, 3.8) is 0 Å². The van der Waals surface area contributed by atoms with E-state index in [1.165, 1.54) is 18.6 Å². The Bertz CT molecular complexity index is 1780. The molecule has 3 fully saturated rings. The molecule has 2 saturated carbocycles. The summed E-state index contributed by atoms with van der Waals surface area (Å²) in [5.41, 5.74) is -2.23. The quantitative estimate of drug-likeness (QED) is 0.192. The number of aromatic nitrogens is 4. The molecule has 5 atom stereocenters. The molecular formula is C38H50F3N9O7. The first-order valence-electron chi connectivity index (χ1n) is 19.3. The molecule has 5 amide bonds. The topological polar surface area (TPSA) is 215 Å². The number of hydrogen-bond acceptors (Lipinski definition) is 11. The maximum atomic E-state index is 14.7. The van der Waals surface area contributed by atoms with Gasteiger partial charge in [-0.25, -0.2) is 15.0 Å². The summed E-state index contributed by atoms with van der Waals surface area (Å²) in [6.45, 7) is 6.57. The summed E-state index contributed by atoms with van der Waals surface area (Å²) in [5.74, 6) is -5.14. The molecule has 19 heteroatoms. The number of likely N-dealkylation sites (tertiary alicyclic amines) is 1. The predicted molar refractivity (Wildman–Crippen MR) is 196 cm³/mol. The van der Waals surface area contributed by atoms with Crippen molar-refractivity contribution in [3.8, 4) is 5.88 Å². The molecule has 0 aromatic carbocycles. The van der Waals surface area contributed by atoms with E-state index in [-0.39, 0.29) is 37.0 Å². The van der Waals surface area contributed by atoms with Crippen molar-refractivity contribution in [2.24, 2.45) is 11.3 Å². The monoisotopic (exact) mass is 801 g/mol. The molecule has 2 aromatic heterocycles. The number of rotatable bonds is 15. The van der Waals surface area contributed by atoms with Gasteiger partial charge in [0.05, 0.1) is 18.8 Å². The summed E-state index contributed by atoms with van der Waals surface area (Å²) < 4.78 is 46.2. The molecule has 1 aliphatic heterocycles. The number of halogens is 3. The molecule has 2 aliphatic carbocycles. The smallest absolute Gasteiger partial charge is 0.433 e. The van der Waals surface area contributed by atoms with Crippen molar-refractivity contribution in [2.75, 3.05) is 6.54 Å². The first-order chi connectivity index (χ1) is 27.0. The summed E-state index contributed by atoms with van der Waals surface area (Å²) in [4.78, 5) is 98.3. The van der Waals surface area contributed by atoms with Crippen molar-refractivity contribution in [1.82, 2.24) is 46.1 Å². The number of hydrogen-bond donors (Lipinski definition) is 4. The standard InChI is InChI=1S/C38H50F3N9O7/c1-5-9-24(30(51)35(55)46-22-12-13-22)47-33(53)26-16-23(57-28-17-27(38(39,40)41)44-20-45-28)19-50(26)36(56)31(37(2,3)4)49-34(54)29(21-10-7-6-8-11-21)48-32(52)25-18-42-14-15-43-25/h14-15,17-18,20-24,26,29,31H,5-13,16,19H2,1-4H3,(H,46,55)(H,47,53)(H,48,52)(H,49,54)/t23-,24?,26+,29?,31?/m0/s1. The van der Waals surface area contributed by atoms with Gasteiger partial charge in [0.1, 0.15) is 36.3 Å². The van der Waals surface area contributed by atoms with Crippen LogP contribution in [-0.2, 0) is 30.1 Å². The number of alkyl halides is 3. The highest BCUT2D eigenvalue weighted by Gasteiger charge is 2.48. The summed E-state index contributed by atoms with van der Waals surface area (Å²) in [6.07, 6.45) is 4.59. The van der Waals surface area contributed by atoms with Gasteiger partial charge >= 0.3 is 6.18 Å². The van der Waals surface area contributed by atoms with E-state index in [4.69, 9.17) is 4.74 Å². The number of carbonyl (C=O) groups is 6. The molecule has 5 rings (SSSR count). The minimum atomic E-state index is -4.80. The van der Waals surface area contributed by atoms with Crippen LogP contribution in [0, 0.1) is 11.3 Å². The van der Waals surface area contributed by atoms with Crippen LogP contribution in [-0.4, -0.2) is 103 Å². The first-order valence-corrected chi connectivity index (χ1v) is 19.3. The van der Waals surface area contributed by atoms with Crippen LogP contribution < -0.4 is 26.0 Å². The molecule has 0 spiro atoms. The Morgan fingerprint density at radius 2 is 1.65 bits per heavy atom. The molecule has 1 saturated heterocycles.